The van der Waals surface area contributed by atoms with E-state index in [-0.39, 0.29) is 19.0 Å². The Labute approximate surface area is 289 Å². The quantitative estimate of drug-likeness (QED) is 0.0300. The van der Waals surface area contributed by atoms with Crippen LogP contribution in [-0.2, 0) is 32.7 Å². The molecule has 0 aromatic rings. The minimum absolute atomic E-state index is 0.223. The van der Waals surface area contributed by atoms with Crippen LogP contribution in [0.15, 0.2) is 12.2 Å². The predicted molar refractivity (Wildman–Crippen MR) is 193 cm³/mol. The van der Waals surface area contributed by atoms with Gasteiger partial charge in [0.25, 0.3) is 0 Å². The van der Waals surface area contributed by atoms with E-state index in [0.717, 1.165) is 58.5 Å². The number of hydrogen-bond acceptors (Lipinski definition) is 7. The molecule has 0 saturated heterocycles. The zero-order chi connectivity index (χ0) is 34.7. The molecule has 0 heterocycles. The van der Waals surface area contributed by atoms with Crippen molar-refractivity contribution in [2.24, 2.45) is 0 Å². The highest BCUT2D eigenvalue weighted by atomic mass is 31.2. The van der Waals surface area contributed by atoms with Crippen LogP contribution >= 0.6 is 7.82 Å². The van der Waals surface area contributed by atoms with E-state index in [1.54, 1.807) is 0 Å². The molecule has 0 rings (SSSR count). The van der Waals surface area contributed by atoms with Gasteiger partial charge >= 0.3 is 19.8 Å². The first kappa shape index (κ1) is 45.8. The van der Waals surface area contributed by atoms with Gasteiger partial charge in [-0.05, 0) is 38.5 Å². The first-order chi connectivity index (χ1) is 22.8. The minimum atomic E-state index is -4.25. The number of ether oxygens (including phenoxy) is 2. The lowest BCUT2D eigenvalue weighted by Crippen LogP contribution is -2.29. The van der Waals surface area contributed by atoms with Crippen LogP contribution in [0.3, 0.4) is 0 Å². The van der Waals surface area contributed by atoms with E-state index in [9.17, 15) is 19.0 Å². The van der Waals surface area contributed by atoms with E-state index in [2.05, 4.69) is 30.5 Å². The Hall–Kier alpha value is -1.21. The molecule has 0 amide bonds. The molecule has 0 saturated carbocycles. The van der Waals surface area contributed by atoms with Crippen molar-refractivity contribution in [1.82, 2.24) is 0 Å². The fraction of sp³-hybridized carbons (Fsp3) is 0.895. The van der Waals surface area contributed by atoms with Crippen molar-refractivity contribution < 1.29 is 37.6 Å². The average molecular weight is 689 g/mol. The molecule has 8 nitrogen and oxygen atoms in total. The minimum Gasteiger partial charge on any atom is -0.462 e. The molecule has 0 fully saturated rings. The second-order valence-electron chi connectivity index (χ2n) is 13.1. The lowest BCUT2D eigenvalue weighted by atomic mass is 10.0. The van der Waals surface area contributed by atoms with Crippen molar-refractivity contribution in [3.63, 3.8) is 0 Å². The Bertz CT molecular complexity index is 788. The third kappa shape index (κ3) is 34.5. The van der Waals surface area contributed by atoms with Gasteiger partial charge in [0.15, 0.2) is 6.10 Å². The number of rotatable bonds is 36. The number of phosphoric acid groups is 1. The van der Waals surface area contributed by atoms with Gasteiger partial charge in [0, 0.05) is 20.0 Å². The molecule has 9 heteroatoms. The highest BCUT2D eigenvalue weighted by Gasteiger charge is 2.24. The van der Waals surface area contributed by atoms with Crippen LogP contribution in [0.2, 0.25) is 0 Å². The molecule has 0 aliphatic rings. The topological polar surface area (TPSA) is 108 Å². The molecule has 0 aliphatic heterocycles. The maximum atomic E-state index is 12.4. The van der Waals surface area contributed by atoms with Crippen molar-refractivity contribution in [2.45, 2.75) is 200 Å². The van der Waals surface area contributed by atoms with Gasteiger partial charge in [-0.2, -0.15) is 0 Å². The van der Waals surface area contributed by atoms with Gasteiger partial charge in [0.05, 0.1) is 6.61 Å². The molecule has 0 bridgehead atoms. The van der Waals surface area contributed by atoms with Crippen molar-refractivity contribution >= 4 is 19.8 Å². The van der Waals surface area contributed by atoms with Gasteiger partial charge < -0.3 is 14.4 Å². The van der Waals surface area contributed by atoms with Crippen LogP contribution in [0.1, 0.15) is 194 Å². The van der Waals surface area contributed by atoms with Gasteiger partial charge in [0.1, 0.15) is 6.61 Å². The molecular weight excluding hydrogens is 615 g/mol. The molecule has 2 unspecified atom stereocenters. The lowest BCUT2D eigenvalue weighted by Gasteiger charge is -2.19. The number of esters is 2. The van der Waals surface area contributed by atoms with Crippen molar-refractivity contribution in [3.05, 3.63) is 12.2 Å². The zero-order valence-electron chi connectivity index (χ0n) is 30.7. The second-order valence-corrected chi connectivity index (χ2v) is 14.6. The van der Waals surface area contributed by atoms with E-state index in [4.69, 9.17) is 14.0 Å². The summed E-state index contributed by atoms with van der Waals surface area (Å²) in [5, 5.41) is 0. The summed E-state index contributed by atoms with van der Waals surface area (Å²) in [6.45, 7) is 3.88. The summed E-state index contributed by atoms with van der Waals surface area (Å²) in [5.41, 5.74) is 0. The number of carbonyl (C=O) groups excluding carboxylic acids is 2. The maximum Gasteiger partial charge on any atom is 0.472 e. The molecule has 0 aromatic carbocycles. The average Bonchev–Trinajstić information content (AvgIpc) is 3.06. The summed E-state index contributed by atoms with van der Waals surface area (Å²) in [5.74, 6) is -0.807. The Morgan fingerprint density at radius 1 is 0.574 bits per heavy atom. The molecule has 0 radical (unpaired) electrons. The highest BCUT2D eigenvalue weighted by molar-refractivity contribution is 7.47. The summed E-state index contributed by atoms with van der Waals surface area (Å²) in [4.78, 5) is 34.3. The number of hydrogen-bond donors (Lipinski definition) is 1. The highest BCUT2D eigenvalue weighted by Crippen LogP contribution is 2.42. The van der Waals surface area contributed by atoms with Crippen LogP contribution < -0.4 is 0 Å². The number of phosphoric ester groups is 1. The van der Waals surface area contributed by atoms with Crippen molar-refractivity contribution in [3.8, 4) is 0 Å². The normalized spacial score (nSPS) is 13.5. The molecule has 0 spiro atoms. The molecule has 0 aliphatic carbocycles. The number of allylic oxidation sites excluding steroid dienone is 2. The third-order valence-corrected chi connectivity index (χ3v) is 9.45. The van der Waals surface area contributed by atoms with Crippen LogP contribution in [0.4, 0.5) is 0 Å². The van der Waals surface area contributed by atoms with Crippen LogP contribution in [0, 0.1) is 0 Å². The van der Waals surface area contributed by atoms with Crippen molar-refractivity contribution in [2.75, 3.05) is 20.3 Å². The van der Waals surface area contributed by atoms with Gasteiger partial charge in [-0.25, -0.2) is 4.57 Å². The van der Waals surface area contributed by atoms with Crippen LogP contribution in [0.5, 0.6) is 0 Å². The predicted octanol–water partition coefficient (Wildman–Crippen LogP) is 11.7. The summed E-state index contributed by atoms with van der Waals surface area (Å²) in [6, 6.07) is 0. The third-order valence-electron chi connectivity index (χ3n) is 8.51. The molecule has 0 aromatic heterocycles. The Kier molecular flexibility index (Phi) is 33.8. The first-order valence-corrected chi connectivity index (χ1v) is 20.9. The molecule has 2 atom stereocenters. The smallest absolute Gasteiger partial charge is 0.462 e. The van der Waals surface area contributed by atoms with E-state index in [0.29, 0.717) is 12.8 Å². The maximum absolute atomic E-state index is 12.4. The Morgan fingerprint density at radius 2 is 0.957 bits per heavy atom. The van der Waals surface area contributed by atoms with Crippen LogP contribution in [0.25, 0.3) is 0 Å². The zero-order valence-corrected chi connectivity index (χ0v) is 31.6. The van der Waals surface area contributed by atoms with E-state index < -0.39 is 26.5 Å². The van der Waals surface area contributed by atoms with Gasteiger partial charge in [-0.1, -0.05) is 154 Å². The molecule has 47 heavy (non-hydrogen) atoms. The number of carbonyl (C=O) groups is 2. The standard InChI is InChI=1S/C38H73O8P/c1-4-6-8-10-12-14-16-18-19-20-21-23-25-27-29-31-33-38(40)46-36(35-45-47(41,42)43-3)34-44-37(39)32-30-28-26-24-22-17-15-13-11-9-7-5-2/h19-20,36H,4-18,21-35H2,1-3H3,(H,41,42)/b20-19-. The van der Waals surface area contributed by atoms with Gasteiger partial charge in [-0.3, -0.25) is 18.6 Å². The van der Waals surface area contributed by atoms with Gasteiger partial charge in [-0.15, -0.1) is 0 Å². The van der Waals surface area contributed by atoms with Gasteiger partial charge in [0.2, 0.25) is 0 Å². The largest absolute Gasteiger partial charge is 0.472 e. The Balaban J connectivity index is 4.04. The SMILES string of the molecule is CCCCCCCCC/C=C\CCCCCCCC(=O)OC(COC(=O)CCCCCCCCCCCCCC)COP(=O)(O)OC. The fourth-order valence-corrected chi connectivity index (χ4v) is 5.94. The van der Waals surface area contributed by atoms with E-state index in [1.165, 1.54) is 109 Å². The second kappa shape index (κ2) is 34.6. The van der Waals surface area contributed by atoms with E-state index >= 15 is 0 Å². The molecule has 1 N–H and O–H groups in total. The molecular formula is C38H73O8P. The Morgan fingerprint density at radius 3 is 1.38 bits per heavy atom. The summed E-state index contributed by atoms with van der Waals surface area (Å²) < 4.78 is 31.9. The monoisotopic (exact) mass is 689 g/mol. The van der Waals surface area contributed by atoms with Crippen LogP contribution in [-0.4, -0.2) is 43.3 Å². The summed E-state index contributed by atoms with van der Waals surface area (Å²) >= 11 is 0. The first-order valence-electron chi connectivity index (χ1n) is 19.4. The van der Waals surface area contributed by atoms with E-state index in [1.807, 2.05) is 0 Å². The number of unbranched alkanes of at least 4 members (excludes halogenated alkanes) is 23. The lowest BCUT2D eigenvalue weighted by molar-refractivity contribution is -0.161. The fourth-order valence-electron chi connectivity index (χ4n) is 5.48. The van der Waals surface area contributed by atoms with Crippen molar-refractivity contribution in [1.29, 1.82) is 0 Å². The molecule has 278 valence electrons. The summed E-state index contributed by atoms with van der Waals surface area (Å²) in [6.07, 6.45) is 35.4. The summed E-state index contributed by atoms with van der Waals surface area (Å²) in [7, 11) is -3.19.